The highest BCUT2D eigenvalue weighted by atomic mass is 32.2. The standard InChI is InChI=1S/C18H21NO4S/c1-13(17-7-5-6-8-18(17)23-4)19(3)24(21,22)16-11-9-15(10-12-16)14(2)20/h5-13H,1-4H3. The lowest BCUT2D eigenvalue weighted by Gasteiger charge is -2.26. The first kappa shape index (κ1) is 18.2. The van der Waals surface area contributed by atoms with Crippen molar-refractivity contribution in [3.63, 3.8) is 0 Å². The van der Waals surface area contributed by atoms with Gasteiger partial charge in [0.2, 0.25) is 10.0 Å². The summed E-state index contributed by atoms with van der Waals surface area (Å²) in [6.07, 6.45) is 0. The van der Waals surface area contributed by atoms with E-state index in [9.17, 15) is 13.2 Å². The zero-order valence-corrected chi connectivity index (χ0v) is 15.0. The van der Waals surface area contributed by atoms with Crippen molar-refractivity contribution in [2.45, 2.75) is 24.8 Å². The van der Waals surface area contributed by atoms with Gasteiger partial charge in [-0.15, -0.1) is 0 Å². The second-order valence-corrected chi connectivity index (χ2v) is 7.52. The predicted octanol–water partition coefficient (Wildman–Crippen LogP) is 3.28. The summed E-state index contributed by atoms with van der Waals surface area (Å²) in [6.45, 7) is 3.25. The number of carbonyl (C=O) groups excluding carboxylic acids is 1. The molecule has 0 saturated heterocycles. The molecule has 6 heteroatoms. The SMILES string of the molecule is COc1ccccc1C(C)N(C)S(=O)(=O)c1ccc(C(C)=O)cc1. The number of Topliss-reactive ketones (excluding diaryl/α,β-unsaturated/α-hetero) is 1. The zero-order chi connectivity index (χ0) is 17.9. The summed E-state index contributed by atoms with van der Waals surface area (Å²) in [5.41, 5.74) is 1.26. The van der Waals surface area contributed by atoms with Gasteiger partial charge < -0.3 is 4.74 Å². The minimum Gasteiger partial charge on any atom is -0.496 e. The molecule has 2 rings (SSSR count). The number of para-hydroxylation sites is 1. The van der Waals surface area contributed by atoms with Gasteiger partial charge in [-0.05, 0) is 32.0 Å². The summed E-state index contributed by atoms with van der Waals surface area (Å²) < 4.78 is 32.3. The number of hydrogen-bond acceptors (Lipinski definition) is 4. The lowest BCUT2D eigenvalue weighted by Crippen LogP contribution is -2.30. The van der Waals surface area contributed by atoms with E-state index in [2.05, 4.69) is 0 Å². The molecule has 0 bridgehead atoms. The van der Waals surface area contributed by atoms with Crippen LogP contribution >= 0.6 is 0 Å². The Morgan fingerprint density at radius 2 is 1.67 bits per heavy atom. The molecule has 0 heterocycles. The van der Waals surface area contributed by atoms with Crippen LogP contribution < -0.4 is 4.74 Å². The number of sulfonamides is 1. The van der Waals surface area contributed by atoms with Gasteiger partial charge in [-0.1, -0.05) is 30.3 Å². The molecule has 0 aromatic heterocycles. The Morgan fingerprint density at radius 1 is 1.08 bits per heavy atom. The molecule has 128 valence electrons. The summed E-state index contributed by atoms with van der Waals surface area (Å²) >= 11 is 0. The maximum absolute atomic E-state index is 12.8. The summed E-state index contributed by atoms with van der Waals surface area (Å²) in [4.78, 5) is 11.5. The fraction of sp³-hybridized carbons (Fsp3) is 0.278. The minimum absolute atomic E-state index is 0.102. The number of rotatable bonds is 6. The van der Waals surface area contributed by atoms with Gasteiger partial charge in [-0.25, -0.2) is 8.42 Å². The highest BCUT2D eigenvalue weighted by molar-refractivity contribution is 7.89. The van der Waals surface area contributed by atoms with Crippen molar-refractivity contribution < 1.29 is 17.9 Å². The van der Waals surface area contributed by atoms with E-state index in [1.165, 1.54) is 42.5 Å². The Hall–Kier alpha value is -2.18. The fourth-order valence-electron chi connectivity index (χ4n) is 2.44. The van der Waals surface area contributed by atoms with Crippen LogP contribution in [0.15, 0.2) is 53.4 Å². The van der Waals surface area contributed by atoms with Crippen molar-refractivity contribution in [1.82, 2.24) is 4.31 Å². The van der Waals surface area contributed by atoms with Crippen LogP contribution in [0.3, 0.4) is 0 Å². The molecule has 5 nitrogen and oxygen atoms in total. The molecule has 0 saturated carbocycles. The fourth-order valence-corrected chi connectivity index (χ4v) is 3.79. The lowest BCUT2D eigenvalue weighted by atomic mass is 10.1. The molecule has 0 aliphatic heterocycles. The van der Waals surface area contributed by atoms with Crippen LogP contribution in [0.1, 0.15) is 35.8 Å². The average Bonchev–Trinajstić information content (AvgIpc) is 2.60. The van der Waals surface area contributed by atoms with Gasteiger partial charge in [-0.2, -0.15) is 4.31 Å². The molecule has 1 atom stereocenters. The van der Waals surface area contributed by atoms with E-state index in [-0.39, 0.29) is 10.7 Å². The van der Waals surface area contributed by atoms with Gasteiger partial charge in [0.05, 0.1) is 18.0 Å². The van der Waals surface area contributed by atoms with Gasteiger partial charge >= 0.3 is 0 Å². The van der Waals surface area contributed by atoms with E-state index in [4.69, 9.17) is 4.74 Å². The Balaban J connectivity index is 2.36. The number of methoxy groups -OCH3 is 1. The number of benzene rings is 2. The molecule has 0 amide bonds. The molecule has 2 aromatic carbocycles. The smallest absolute Gasteiger partial charge is 0.243 e. The molecule has 0 radical (unpaired) electrons. The molecular formula is C18H21NO4S. The number of hydrogen-bond donors (Lipinski definition) is 0. The van der Waals surface area contributed by atoms with Crippen molar-refractivity contribution in [2.24, 2.45) is 0 Å². The van der Waals surface area contributed by atoms with Gasteiger partial charge in [0.25, 0.3) is 0 Å². The highest BCUT2D eigenvalue weighted by Crippen LogP contribution is 2.31. The van der Waals surface area contributed by atoms with Gasteiger partial charge in [0.1, 0.15) is 5.75 Å². The maximum Gasteiger partial charge on any atom is 0.243 e. The van der Waals surface area contributed by atoms with Crippen LogP contribution in [0.4, 0.5) is 0 Å². The number of ketones is 1. The summed E-state index contributed by atoms with van der Waals surface area (Å²) in [5, 5.41) is 0. The molecule has 0 aliphatic carbocycles. The Kier molecular flexibility index (Phi) is 5.41. The Morgan fingerprint density at radius 3 is 2.21 bits per heavy atom. The van der Waals surface area contributed by atoms with Gasteiger partial charge in [0, 0.05) is 18.2 Å². The summed E-state index contributed by atoms with van der Waals surface area (Å²) in [5.74, 6) is 0.536. The van der Waals surface area contributed by atoms with Crippen molar-refractivity contribution >= 4 is 15.8 Å². The first-order chi connectivity index (χ1) is 11.3. The second-order valence-electron chi connectivity index (χ2n) is 5.52. The normalized spacial score (nSPS) is 12.9. The molecule has 2 aromatic rings. The Bertz CT molecular complexity index is 828. The summed E-state index contributed by atoms with van der Waals surface area (Å²) in [6, 6.07) is 12.9. The molecule has 24 heavy (non-hydrogen) atoms. The number of nitrogens with zero attached hydrogens (tertiary/aromatic N) is 1. The van der Waals surface area contributed by atoms with E-state index in [1.807, 2.05) is 18.2 Å². The lowest BCUT2D eigenvalue weighted by molar-refractivity contribution is 0.101. The van der Waals surface area contributed by atoms with Gasteiger partial charge in [-0.3, -0.25) is 4.79 Å². The van der Waals surface area contributed by atoms with Crippen molar-refractivity contribution in [3.8, 4) is 5.75 Å². The van der Waals surface area contributed by atoms with Gasteiger partial charge in [0.15, 0.2) is 5.78 Å². The van der Waals surface area contributed by atoms with Crippen molar-refractivity contribution in [1.29, 1.82) is 0 Å². The number of carbonyl (C=O) groups is 1. The van der Waals surface area contributed by atoms with E-state index >= 15 is 0 Å². The average molecular weight is 347 g/mol. The Labute approximate surface area is 142 Å². The van der Waals surface area contributed by atoms with E-state index < -0.39 is 16.1 Å². The monoisotopic (exact) mass is 347 g/mol. The third-order valence-electron chi connectivity index (χ3n) is 4.07. The van der Waals surface area contributed by atoms with Crippen LogP contribution in [0, 0.1) is 0 Å². The van der Waals surface area contributed by atoms with Crippen LogP contribution in [-0.2, 0) is 10.0 Å². The molecule has 0 fully saturated rings. The molecule has 0 spiro atoms. The molecular weight excluding hydrogens is 326 g/mol. The summed E-state index contributed by atoms with van der Waals surface area (Å²) in [7, 11) is -0.598. The maximum atomic E-state index is 12.8. The predicted molar refractivity (Wildman–Crippen MR) is 92.8 cm³/mol. The third kappa shape index (κ3) is 3.49. The zero-order valence-electron chi connectivity index (χ0n) is 14.2. The minimum atomic E-state index is -3.69. The quantitative estimate of drug-likeness (QED) is 0.752. The molecule has 0 N–H and O–H groups in total. The topological polar surface area (TPSA) is 63.7 Å². The van der Waals surface area contributed by atoms with E-state index in [0.717, 1.165) is 5.56 Å². The third-order valence-corrected chi connectivity index (χ3v) is 6.01. The largest absolute Gasteiger partial charge is 0.496 e. The van der Waals surface area contributed by atoms with Crippen LogP contribution in [0.2, 0.25) is 0 Å². The highest BCUT2D eigenvalue weighted by Gasteiger charge is 2.27. The first-order valence-electron chi connectivity index (χ1n) is 7.51. The van der Waals surface area contributed by atoms with Crippen LogP contribution in [-0.4, -0.2) is 32.7 Å². The van der Waals surface area contributed by atoms with E-state index in [0.29, 0.717) is 11.3 Å². The first-order valence-corrected chi connectivity index (χ1v) is 8.95. The van der Waals surface area contributed by atoms with Crippen molar-refractivity contribution in [2.75, 3.05) is 14.2 Å². The van der Waals surface area contributed by atoms with Crippen LogP contribution in [0.5, 0.6) is 5.75 Å². The molecule has 1 unspecified atom stereocenters. The van der Waals surface area contributed by atoms with Crippen molar-refractivity contribution in [3.05, 3.63) is 59.7 Å². The van der Waals surface area contributed by atoms with E-state index in [1.54, 1.807) is 20.1 Å². The number of ether oxygens (including phenoxy) is 1. The van der Waals surface area contributed by atoms with Crippen LogP contribution in [0.25, 0.3) is 0 Å². The molecule has 0 aliphatic rings. The second kappa shape index (κ2) is 7.15.